The van der Waals surface area contributed by atoms with Crippen LogP contribution in [0.5, 0.6) is 11.6 Å². The normalized spacial score (nSPS) is 10.9. The maximum absolute atomic E-state index is 13.6. The average molecular weight is 354 g/mol. The zero-order valence-electron chi connectivity index (χ0n) is 10.4. The summed E-state index contributed by atoms with van der Waals surface area (Å²) in [6.07, 6.45) is 0. The Morgan fingerprint density at radius 1 is 0.952 bits per heavy atom. The molecule has 0 spiro atoms. The van der Waals surface area contributed by atoms with Gasteiger partial charge in [0, 0.05) is 6.07 Å². The highest BCUT2D eigenvalue weighted by atomic mass is 79.9. The smallest absolute Gasteiger partial charge is 0.258 e. The number of nitrogens with zero attached hydrogens (tertiary/aromatic N) is 1. The van der Waals surface area contributed by atoms with Gasteiger partial charge in [-0.1, -0.05) is 30.3 Å². The minimum Gasteiger partial charge on any atom is -0.435 e. The summed E-state index contributed by atoms with van der Waals surface area (Å²) in [6, 6.07) is 11.2. The van der Waals surface area contributed by atoms with Crippen LogP contribution in [0.3, 0.4) is 0 Å². The molecule has 0 aliphatic rings. The van der Waals surface area contributed by atoms with E-state index in [4.69, 9.17) is 4.74 Å². The molecule has 0 bridgehead atoms. The van der Waals surface area contributed by atoms with Gasteiger partial charge in [-0.3, -0.25) is 0 Å². The van der Waals surface area contributed by atoms with Gasteiger partial charge >= 0.3 is 0 Å². The van der Waals surface area contributed by atoms with Gasteiger partial charge in [0.25, 0.3) is 11.8 Å². The number of halogens is 4. The van der Waals surface area contributed by atoms with Gasteiger partial charge < -0.3 is 4.74 Å². The fraction of sp³-hybridized carbons (Fsp3) is 0. The number of hydrogen-bond acceptors (Lipinski definition) is 2. The van der Waals surface area contributed by atoms with Gasteiger partial charge in [0.05, 0.1) is 4.47 Å². The number of ether oxygens (including phenoxy) is 1. The molecular weight excluding hydrogens is 347 g/mol. The van der Waals surface area contributed by atoms with Crippen LogP contribution >= 0.6 is 15.9 Å². The molecular formula is C15H7BrF3NO. The van der Waals surface area contributed by atoms with E-state index in [1.807, 2.05) is 24.3 Å². The molecule has 0 aliphatic carbocycles. The third kappa shape index (κ3) is 2.58. The van der Waals surface area contributed by atoms with Crippen LogP contribution in [0.15, 0.2) is 46.9 Å². The fourth-order valence-corrected chi connectivity index (χ4v) is 2.47. The molecule has 0 radical (unpaired) electrons. The highest BCUT2D eigenvalue weighted by Gasteiger charge is 2.15. The van der Waals surface area contributed by atoms with Crippen molar-refractivity contribution in [2.24, 2.45) is 0 Å². The lowest BCUT2D eigenvalue weighted by molar-refractivity contribution is 0.386. The van der Waals surface area contributed by atoms with Crippen molar-refractivity contribution in [2.45, 2.75) is 0 Å². The third-order valence-electron chi connectivity index (χ3n) is 2.89. The van der Waals surface area contributed by atoms with E-state index < -0.39 is 23.5 Å². The predicted molar refractivity (Wildman–Crippen MR) is 75.8 cm³/mol. The number of benzene rings is 2. The number of hydrogen-bond donors (Lipinski definition) is 0. The molecule has 0 saturated carbocycles. The summed E-state index contributed by atoms with van der Waals surface area (Å²) in [7, 11) is 0. The van der Waals surface area contributed by atoms with E-state index in [-0.39, 0.29) is 5.75 Å². The highest BCUT2D eigenvalue weighted by molar-refractivity contribution is 9.10. The molecule has 1 aromatic heterocycles. The Hall–Kier alpha value is -2.08. The van der Waals surface area contributed by atoms with Gasteiger partial charge in [-0.05, 0) is 32.8 Å². The van der Waals surface area contributed by atoms with Gasteiger partial charge in [-0.25, -0.2) is 8.78 Å². The first-order chi connectivity index (χ1) is 10.1. The van der Waals surface area contributed by atoms with Crippen LogP contribution in [0.4, 0.5) is 13.2 Å². The minimum atomic E-state index is -1.41. The number of rotatable bonds is 2. The Morgan fingerprint density at radius 3 is 2.52 bits per heavy atom. The molecule has 3 aromatic rings. The molecule has 2 aromatic carbocycles. The summed E-state index contributed by atoms with van der Waals surface area (Å²) in [5.74, 6) is -4.22. The zero-order valence-corrected chi connectivity index (χ0v) is 12.0. The number of aromatic nitrogens is 1. The summed E-state index contributed by atoms with van der Waals surface area (Å²) in [4.78, 5) is 3.13. The molecule has 6 heteroatoms. The van der Waals surface area contributed by atoms with E-state index in [9.17, 15) is 13.2 Å². The lowest BCUT2D eigenvalue weighted by Gasteiger charge is -2.10. The molecule has 2 nitrogen and oxygen atoms in total. The molecule has 3 rings (SSSR count). The molecule has 0 atom stereocenters. The molecule has 0 unspecified atom stereocenters. The van der Waals surface area contributed by atoms with Crippen molar-refractivity contribution in [3.05, 3.63) is 64.5 Å². The van der Waals surface area contributed by atoms with Crippen molar-refractivity contribution in [1.29, 1.82) is 0 Å². The largest absolute Gasteiger partial charge is 0.435 e. The lowest BCUT2D eigenvalue weighted by atomic mass is 10.1. The van der Waals surface area contributed by atoms with Crippen molar-refractivity contribution in [2.75, 3.05) is 0 Å². The maximum Gasteiger partial charge on any atom is 0.258 e. The summed E-state index contributed by atoms with van der Waals surface area (Å²) in [5, 5.41) is 1.80. The first kappa shape index (κ1) is 13.9. The highest BCUT2D eigenvalue weighted by Crippen LogP contribution is 2.36. The summed E-state index contributed by atoms with van der Waals surface area (Å²) >= 11 is 3.35. The second-order valence-corrected chi connectivity index (χ2v) is 5.04. The minimum absolute atomic E-state index is 0.256. The van der Waals surface area contributed by atoms with Gasteiger partial charge in [0.15, 0.2) is 11.6 Å². The molecule has 0 N–H and O–H groups in total. The Kier molecular flexibility index (Phi) is 3.55. The van der Waals surface area contributed by atoms with E-state index >= 15 is 0 Å². The predicted octanol–water partition coefficient (Wildman–Crippen LogP) is 5.21. The van der Waals surface area contributed by atoms with Crippen LogP contribution in [0.1, 0.15) is 0 Å². The zero-order chi connectivity index (χ0) is 15.0. The first-order valence-electron chi connectivity index (χ1n) is 5.93. The number of pyridine rings is 1. The second-order valence-electron chi connectivity index (χ2n) is 4.25. The first-order valence-corrected chi connectivity index (χ1v) is 6.72. The van der Waals surface area contributed by atoms with Gasteiger partial charge in [-0.15, -0.1) is 0 Å². The van der Waals surface area contributed by atoms with Crippen LogP contribution in [0, 0.1) is 17.6 Å². The summed E-state index contributed by atoms with van der Waals surface area (Å²) in [5.41, 5.74) is 0. The van der Waals surface area contributed by atoms with E-state index in [1.54, 1.807) is 12.1 Å². The van der Waals surface area contributed by atoms with E-state index in [0.717, 1.165) is 10.8 Å². The third-order valence-corrected chi connectivity index (χ3v) is 3.71. The monoisotopic (exact) mass is 353 g/mol. The maximum atomic E-state index is 13.6. The molecule has 0 aliphatic heterocycles. The summed E-state index contributed by atoms with van der Waals surface area (Å²) < 4.78 is 45.3. The van der Waals surface area contributed by atoms with Gasteiger partial charge in [0.2, 0.25) is 0 Å². The van der Waals surface area contributed by atoms with E-state index in [2.05, 4.69) is 20.9 Å². The summed E-state index contributed by atoms with van der Waals surface area (Å²) in [6.45, 7) is 0. The number of fused-ring (bicyclic) bond motifs is 1. The Labute approximate surface area is 126 Å². The van der Waals surface area contributed by atoms with Crippen LogP contribution in [0.25, 0.3) is 10.8 Å². The van der Waals surface area contributed by atoms with Gasteiger partial charge in [0.1, 0.15) is 5.75 Å². The molecule has 1 heterocycles. The van der Waals surface area contributed by atoms with Crippen LogP contribution in [-0.2, 0) is 0 Å². The Balaban J connectivity index is 2.06. The van der Waals surface area contributed by atoms with Crippen LogP contribution in [0.2, 0.25) is 0 Å². The van der Waals surface area contributed by atoms with Crippen molar-refractivity contribution in [1.82, 2.24) is 4.98 Å². The standard InChI is InChI=1S/C15H7BrF3NO/c16-13-9-4-2-1-3-8(9)5-6-12(13)21-15-11(18)7-10(17)14(19)20-15/h1-7H. The van der Waals surface area contributed by atoms with Crippen molar-refractivity contribution >= 4 is 26.7 Å². The molecule has 0 amide bonds. The lowest BCUT2D eigenvalue weighted by Crippen LogP contribution is -1.98. The quantitative estimate of drug-likeness (QED) is 0.590. The van der Waals surface area contributed by atoms with Crippen molar-refractivity contribution < 1.29 is 17.9 Å². The average Bonchev–Trinajstić information content (AvgIpc) is 2.48. The molecule has 21 heavy (non-hydrogen) atoms. The second kappa shape index (κ2) is 5.37. The van der Waals surface area contributed by atoms with Crippen molar-refractivity contribution in [3.63, 3.8) is 0 Å². The SMILES string of the molecule is Fc1cc(F)c(Oc2ccc3ccccc3c2Br)nc1F. The molecule has 0 fully saturated rings. The fourth-order valence-electron chi connectivity index (χ4n) is 1.90. The molecule has 106 valence electrons. The van der Waals surface area contributed by atoms with Gasteiger partial charge in [-0.2, -0.15) is 9.37 Å². The Bertz CT molecular complexity index is 839. The van der Waals surface area contributed by atoms with Crippen LogP contribution in [-0.4, -0.2) is 4.98 Å². The molecule has 0 saturated heterocycles. The van der Waals surface area contributed by atoms with Crippen LogP contribution < -0.4 is 4.74 Å². The Morgan fingerprint density at radius 2 is 1.71 bits per heavy atom. The van der Waals surface area contributed by atoms with Crippen molar-refractivity contribution in [3.8, 4) is 11.6 Å². The topological polar surface area (TPSA) is 22.1 Å². The van der Waals surface area contributed by atoms with E-state index in [1.165, 1.54) is 0 Å². The van der Waals surface area contributed by atoms with E-state index in [0.29, 0.717) is 10.5 Å².